The van der Waals surface area contributed by atoms with E-state index in [-0.39, 0.29) is 10.8 Å². The minimum atomic E-state index is -0.489. The SMILES string of the molecule is Fc1ccc(Nc2cc(NCc3ccccc3F)ncn2)cc1Cl. The smallest absolute Gasteiger partial charge is 0.141 e. The van der Waals surface area contributed by atoms with Crippen LogP contribution in [0.5, 0.6) is 0 Å². The average Bonchev–Trinajstić information content (AvgIpc) is 2.58. The van der Waals surface area contributed by atoms with Crippen LogP contribution in [0, 0.1) is 11.6 Å². The molecular weight excluding hydrogens is 334 g/mol. The number of rotatable bonds is 5. The zero-order valence-corrected chi connectivity index (χ0v) is 13.2. The predicted molar refractivity (Wildman–Crippen MR) is 90.5 cm³/mol. The van der Waals surface area contributed by atoms with Crippen LogP contribution in [0.15, 0.2) is 54.9 Å². The summed E-state index contributed by atoms with van der Waals surface area (Å²) in [6.45, 7) is 0.297. The number of aromatic nitrogens is 2. The monoisotopic (exact) mass is 346 g/mol. The first kappa shape index (κ1) is 16.1. The van der Waals surface area contributed by atoms with E-state index < -0.39 is 5.82 Å². The van der Waals surface area contributed by atoms with E-state index in [1.807, 2.05) is 0 Å². The van der Waals surface area contributed by atoms with E-state index >= 15 is 0 Å². The molecular formula is C17H13ClF2N4. The molecule has 2 N–H and O–H groups in total. The van der Waals surface area contributed by atoms with Gasteiger partial charge in [-0.1, -0.05) is 29.8 Å². The van der Waals surface area contributed by atoms with Crippen molar-refractivity contribution in [1.29, 1.82) is 0 Å². The number of halogens is 3. The van der Waals surface area contributed by atoms with E-state index in [1.54, 1.807) is 30.3 Å². The lowest BCUT2D eigenvalue weighted by atomic mass is 10.2. The van der Waals surface area contributed by atoms with Gasteiger partial charge in [0.05, 0.1) is 5.02 Å². The van der Waals surface area contributed by atoms with Crippen molar-refractivity contribution in [1.82, 2.24) is 9.97 Å². The number of hydrogen-bond acceptors (Lipinski definition) is 4. The van der Waals surface area contributed by atoms with Gasteiger partial charge in [0.2, 0.25) is 0 Å². The highest BCUT2D eigenvalue weighted by molar-refractivity contribution is 6.31. The molecule has 0 saturated heterocycles. The summed E-state index contributed by atoms with van der Waals surface area (Å²) in [5.74, 6) is 0.267. The summed E-state index contributed by atoms with van der Waals surface area (Å²) in [6, 6.07) is 12.5. The third kappa shape index (κ3) is 3.97. The second-order valence-electron chi connectivity index (χ2n) is 4.99. The maximum absolute atomic E-state index is 13.6. The molecule has 0 aliphatic heterocycles. The van der Waals surface area contributed by atoms with Crippen LogP contribution in [0.1, 0.15) is 5.56 Å². The number of hydrogen-bond donors (Lipinski definition) is 2. The van der Waals surface area contributed by atoms with Crippen molar-refractivity contribution in [2.75, 3.05) is 10.6 Å². The van der Waals surface area contributed by atoms with Gasteiger partial charge in [-0.05, 0) is 24.3 Å². The molecule has 0 aliphatic rings. The molecule has 2 aromatic carbocycles. The topological polar surface area (TPSA) is 49.8 Å². The van der Waals surface area contributed by atoms with Crippen molar-refractivity contribution in [2.24, 2.45) is 0 Å². The fourth-order valence-corrected chi connectivity index (χ4v) is 2.25. The average molecular weight is 347 g/mol. The van der Waals surface area contributed by atoms with Crippen LogP contribution in [0.4, 0.5) is 26.1 Å². The minimum absolute atomic E-state index is 0.0203. The van der Waals surface area contributed by atoms with Gasteiger partial charge in [-0.2, -0.15) is 0 Å². The lowest BCUT2D eigenvalue weighted by Gasteiger charge is -2.09. The molecule has 0 spiro atoms. The minimum Gasteiger partial charge on any atom is -0.366 e. The quantitative estimate of drug-likeness (QED) is 0.699. The molecule has 0 atom stereocenters. The van der Waals surface area contributed by atoms with Crippen molar-refractivity contribution in [3.63, 3.8) is 0 Å². The van der Waals surface area contributed by atoms with E-state index in [4.69, 9.17) is 11.6 Å². The second-order valence-corrected chi connectivity index (χ2v) is 5.39. The van der Waals surface area contributed by atoms with Gasteiger partial charge in [0.1, 0.15) is 29.6 Å². The maximum Gasteiger partial charge on any atom is 0.141 e. The molecule has 24 heavy (non-hydrogen) atoms. The summed E-state index contributed by atoms with van der Waals surface area (Å²) in [5.41, 5.74) is 1.14. The molecule has 0 aliphatic carbocycles. The van der Waals surface area contributed by atoms with Gasteiger partial charge in [0.15, 0.2) is 0 Å². The standard InChI is InChI=1S/C17H13ClF2N4/c18-13-7-12(5-6-15(13)20)24-17-8-16(22-10-23-17)21-9-11-3-1-2-4-14(11)19/h1-8,10H,9H2,(H2,21,22,23,24). The first-order valence-corrected chi connectivity index (χ1v) is 7.51. The molecule has 1 heterocycles. The molecule has 4 nitrogen and oxygen atoms in total. The number of nitrogens with zero attached hydrogens (tertiary/aromatic N) is 2. The lowest BCUT2D eigenvalue weighted by Crippen LogP contribution is -2.04. The van der Waals surface area contributed by atoms with E-state index in [2.05, 4.69) is 20.6 Å². The molecule has 0 fully saturated rings. The summed E-state index contributed by atoms with van der Waals surface area (Å²) < 4.78 is 26.8. The Hall–Kier alpha value is -2.73. The molecule has 3 rings (SSSR count). The van der Waals surface area contributed by atoms with Crippen LogP contribution in [-0.2, 0) is 6.54 Å². The third-order valence-corrected chi connectivity index (χ3v) is 3.57. The Morgan fingerprint density at radius 1 is 0.917 bits per heavy atom. The summed E-state index contributed by atoms with van der Waals surface area (Å²) >= 11 is 5.75. The molecule has 0 unspecified atom stereocenters. The second kappa shape index (κ2) is 7.23. The molecule has 0 amide bonds. The highest BCUT2D eigenvalue weighted by Crippen LogP contribution is 2.22. The predicted octanol–water partition coefficient (Wildman–Crippen LogP) is 4.76. The van der Waals surface area contributed by atoms with Crippen LogP contribution in [-0.4, -0.2) is 9.97 Å². The Morgan fingerprint density at radius 3 is 2.50 bits per heavy atom. The van der Waals surface area contributed by atoms with Crippen molar-refractivity contribution in [2.45, 2.75) is 6.54 Å². The van der Waals surface area contributed by atoms with Crippen molar-refractivity contribution >= 4 is 28.9 Å². The lowest BCUT2D eigenvalue weighted by molar-refractivity contribution is 0.613. The van der Waals surface area contributed by atoms with Crippen LogP contribution < -0.4 is 10.6 Å². The summed E-state index contributed by atoms with van der Waals surface area (Å²) in [4.78, 5) is 8.17. The first-order chi connectivity index (χ1) is 11.6. The van der Waals surface area contributed by atoms with Gasteiger partial charge in [0, 0.05) is 23.9 Å². The van der Waals surface area contributed by atoms with Gasteiger partial charge in [-0.25, -0.2) is 18.7 Å². The third-order valence-electron chi connectivity index (χ3n) is 3.28. The van der Waals surface area contributed by atoms with Gasteiger partial charge < -0.3 is 10.6 Å². The van der Waals surface area contributed by atoms with Gasteiger partial charge in [0.25, 0.3) is 0 Å². The molecule has 0 radical (unpaired) electrons. The van der Waals surface area contributed by atoms with Gasteiger partial charge in [-0.15, -0.1) is 0 Å². The molecule has 7 heteroatoms. The fourth-order valence-electron chi connectivity index (χ4n) is 2.07. The molecule has 3 aromatic rings. The van der Waals surface area contributed by atoms with Gasteiger partial charge >= 0.3 is 0 Å². The Labute approximate surface area is 142 Å². The number of benzene rings is 2. The Morgan fingerprint density at radius 2 is 1.71 bits per heavy atom. The Balaban J connectivity index is 1.69. The maximum atomic E-state index is 13.6. The largest absolute Gasteiger partial charge is 0.366 e. The van der Waals surface area contributed by atoms with Crippen LogP contribution in [0.2, 0.25) is 5.02 Å². The Bertz CT molecular complexity index is 857. The fraction of sp³-hybridized carbons (Fsp3) is 0.0588. The zero-order valence-electron chi connectivity index (χ0n) is 12.4. The van der Waals surface area contributed by atoms with Crippen LogP contribution in [0.3, 0.4) is 0 Å². The summed E-state index contributed by atoms with van der Waals surface area (Å²) in [6.07, 6.45) is 1.37. The number of nitrogens with one attached hydrogen (secondary N) is 2. The van der Waals surface area contributed by atoms with E-state index in [0.29, 0.717) is 29.4 Å². The highest BCUT2D eigenvalue weighted by atomic mass is 35.5. The van der Waals surface area contributed by atoms with Gasteiger partial charge in [-0.3, -0.25) is 0 Å². The van der Waals surface area contributed by atoms with Crippen LogP contribution >= 0.6 is 11.6 Å². The summed E-state index contributed by atoms with van der Waals surface area (Å²) in [7, 11) is 0. The molecule has 122 valence electrons. The van der Waals surface area contributed by atoms with Crippen molar-refractivity contribution in [3.8, 4) is 0 Å². The zero-order chi connectivity index (χ0) is 16.9. The van der Waals surface area contributed by atoms with E-state index in [1.165, 1.54) is 24.5 Å². The van der Waals surface area contributed by atoms with Crippen molar-refractivity contribution < 1.29 is 8.78 Å². The first-order valence-electron chi connectivity index (χ1n) is 7.13. The molecule has 0 bridgehead atoms. The van der Waals surface area contributed by atoms with E-state index in [0.717, 1.165) is 0 Å². The molecule has 1 aromatic heterocycles. The van der Waals surface area contributed by atoms with Crippen LogP contribution in [0.25, 0.3) is 0 Å². The molecule has 0 saturated carbocycles. The van der Waals surface area contributed by atoms with Crippen molar-refractivity contribution in [3.05, 3.63) is 77.1 Å². The normalized spacial score (nSPS) is 10.5. The Kier molecular flexibility index (Phi) is 4.86. The summed E-state index contributed by atoms with van der Waals surface area (Å²) in [5, 5.41) is 6.06. The highest BCUT2D eigenvalue weighted by Gasteiger charge is 2.04. The number of anilines is 3. The van der Waals surface area contributed by atoms with E-state index in [9.17, 15) is 8.78 Å².